The monoisotopic (exact) mass is 233 g/mol. The lowest BCUT2D eigenvalue weighted by Gasteiger charge is -2.04. The first-order valence-corrected chi connectivity index (χ1v) is 5.45. The molecule has 0 aliphatic heterocycles. The Hall–Kier alpha value is -2.11. The Balaban J connectivity index is 1.86. The number of H-pyrrole nitrogens is 1. The lowest BCUT2D eigenvalue weighted by Crippen LogP contribution is -2.16. The minimum atomic E-state index is -0.0764. The van der Waals surface area contributed by atoms with Gasteiger partial charge in [0.1, 0.15) is 0 Å². The number of nitrogens with zero attached hydrogens (tertiary/aromatic N) is 3. The smallest absolute Gasteiger partial charge is 0.228 e. The number of aryl methyl sites for hydroxylation is 3. The zero-order valence-electron chi connectivity index (χ0n) is 9.90. The van der Waals surface area contributed by atoms with Crippen molar-refractivity contribution in [1.82, 2.24) is 19.7 Å². The Morgan fingerprint density at radius 2 is 2.35 bits per heavy atom. The lowest BCUT2D eigenvalue weighted by molar-refractivity contribution is -0.116. The van der Waals surface area contributed by atoms with Crippen LogP contribution in [-0.4, -0.2) is 25.7 Å². The van der Waals surface area contributed by atoms with Gasteiger partial charge in [-0.25, -0.2) is 4.98 Å². The Morgan fingerprint density at radius 1 is 1.53 bits per heavy atom. The second-order valence-electron chi connectivity index (χ2n) is 3.89. The van der Waals surface area contributed by atoms with Gasteiger partial charge in [0.15, 0.2) is 0 Å². The van der Waals surface area contributed by atoms with Crippen LogP contribution in [0.25, 0.3) is 0 Å². The average molecular weight is 233 g/mol. The van der Waals surface area contributed by atoms with Crippen molar-refractivity contribution in [2.24, 2.45) is 0 Å². The first-order chi connectivity index (χ1) is 8.15. The predicted molar refractivity (Wildman–Crippen MR) is 63.5 cm³/mol. The molecule has 0 spiro atoms. The van der Waals surface area contributed by atoms with Crippen LogP contribution in [0.3, 0.4) is 0 Å². The first-order valence-electron chi connectivity index (χ1n) is 5.45. The van der Waals surface area contributed by atoms with Crippen LogP contribution in [-0.2, 0) is 11.3 Å². The van der Waals surface area contributed by atoms with E-state index in [4.69, 9.17) is 0 Å². The van der Waals surface area contributed by atoms with Crippen LogP contribution in [0, 0.1) is 13.8 Å². The van der Waals surface area contributed by atoms with Crippen molar-refractivity contribution >= 4 is 11.9 Å². The molecule has 1 amide bonds. The molecular formula is C11H15N5O. The van der Waals surface area contributed by atoms with Crippen molar-refractivity contribution in [2.45, 2.75) is 26.8 Å². The normalized spacial score (nSPS) is 10.5. The molecule has 0 aliphatic carbocycles. The van der Waals surface area contributed by atoms with Crippen LogP contribution in [0.4, 0.5) is 5.95 Å². The number of hydrogen-bond acceptors (Lipinski definition) is 3. The van der Waals surface area contributed by atoms with Gasteiger partial charge in [-0.1, -0.05) is 0 Å². The molecule has 0 atom stereocenters. The van der Waals surface area contributed by atoms with Gasteiger partial charge in [-0.05, 0) is 19.9 Å². The molecule has 0 aromatic carbocycles. The van der Waals surface area contributed by atoms with Gasteiger partial charge in [-0.3, -0.25) is 14.8 Å². The standard InChI is InChI=1S/C11H15N5O/c1-8-7-9(2)16(15-8)6-3-10(17)14-11-12-4-5-13-11/h4-5,7H,3,6H2,1-2H3,(H2,12,13,14,17). The predicted octanol–water partition coefficient (Wildman–Crippen LogP) is 1.25. The van der Waals surface area contributed by atoms with Crippen LogP contribution in [0.15, 0.2) is 18.5 Å². The molecule has 0 fully saturated rings. The fourth-order valence-corrected chi connectivity index (χ4v) is 1.64. The van der Waals surface area contributed by atoms with Gasteiger partial charge in [-0.2, -0.15) is 5.10 Å². The Labute approximate surface area is 99.1 Å². The quantitative estimate of drug-likeness (QED) is 0.834. The Morgan fingerprint density at radius 3 is 2.94 bits per heavy atom. The number of nitrogens with one attached hydrogen (secondary N) is 2. The summed E-state index contributed by atoms with van der Waals surface area (Å²) in [6.45, 7) is 4.49. The number of rotatable bonds is 4. The van der Waals surface area contributed by atoms with Gasteiger partial charge < -0.3 is 4.98 Å². The fraction of sp³-hybridized carbons (Fsp3) is 0.364. The van der Waals surface area contributed by atoms with Crippen LogP contribution >= 0.6 is 0 Å². The largest absolute Gasteiger partial charge is 0.331 e. The zero-order chi connectivity index (χ0) is 12.3. The minimum Gasteiger partial charge on any atom is -0.331 e. The second kappa shape index (κ2) is 4.82. The number of carbonyl (C=O) groups is 1. The van der Waals surface area contributed by atoms with E-state index in [1.165, 1.54) is 0 Å². The van der Waals surface area contributed by atoms with Crippen molar-refractivity contribution in [3.05, 3.63) is 29.8 Å². The molecule has 0 saturated carbocycles. The van der Waals surface area contributed by atoms with Gasteiger partial charge >= 0.3 is 0 Å². The van der Waals surface area contributed by atoms with Gasteiger partial charge in [0, 0.05) is 31.1 Å². The summed E-state index contributed by atoms with van der Waals surface area (Å²) in [7, 11) is 0. The number of amides is 1. The van der Waals surface area contributed by atoms with Crippen molar-refractivity contribution < 1.29 is 4.79 Å². The summed E-state index contributed by atoms with van der Waals surface area (Å²) in [5.41, 5.74) is 2.03. The molecule has 2 aromatic rings. The van der Waals surface area contributed by atoms with E-state index in [1.807, 2.05) is 24.6 Å². The molecule has 0 aliphatic rings. The number of anilines is 1. The summed E-state index contributed by atoms with van der Waals surface area (Å²) < 4.78 is 1.83. The second-order valence-corrected chi connectivity index (χ2v) is 3.89. The molecule has 17 heavy (non-hydrogen) atoms. The maximum Gasteiger partial charge on any atom is 0.228 e. The molecule has 2 heterocycles. The van der Waals surface area contributed by atoms with E-state index >= 15 is 0 Å². The van der Waals surface area contributed by atoms with Crippen LogP contribution in [0.1, 0.15) is 17.8 Å². The topological polar surface area (TPSA) is 75.6 Å². The highest BCUT2D eigenvalue weighted by molar-refractivity contribution is 5.88. The molecule has 0 bridgehead atoms. The van der Waals surface area contributed by atoms with Crippen molar-refractivity contribution in [1.29, 1.82) is 0 Å². The van der Waals surface area contributed by atoms with Gasteiger partial charge in [0.2, 0.25) is 11.9 Å². The molecule has 0 radical (unpaired) electrons. The van der Waals surface area contributed by atoms with E-state index in [-0.39, 0.29) is 5.91 Å². The number of aromatic nitrogens is 4. The summed E-state index contributed by atoms with van der Waals surface area (Å²) in [6, 6.07) is 1.99. The van der Waals surface area contributed by atoms with E-state index in [9.17, 15) is 4.79 Å². The third kappa shape index (κ3) is 2.93. The van der Waals surface area contributed by atoms with Crippen LogP contribution in [0.2, 0.25) is 0 Å². The molecular weight excluding hydrogens is 218 g/mol. The molecule has 90 valence electrons. The molecule has 6 heteroatoms. The van der Waals surface area contributed by atoms with E-state index in [2.05, 4.69) is 20.4 Å². The number of hydrogen-bond donors (Lipinski definition) is 2. The van der Waals surface area contributed by atoms with E-state index in [0.29, 0.717) is 18.9 Å². The van der Waals surface area contributed by atoms with Crippen LogP contribution in [0.5, 0.6) is 0 Å². The summed E-state index contributed by atoms with van der Waals surface area (Å²) in [5.74, 6) is 0.399. The summed E-state index contributed by atoms with van der Waals surface area (Å²) >= 11 is 0. The van der Waals surface area contributed by atoms with Gasteiger partial charge in [0.05, 0.1) is 5.69 Å². The Kier molecular flexibility index (Phi) is 3.22. The molecule has 2 rings (SSSR count). The minimum absolute atomic E-state index is 0.0764. The summed E-state index contributed by atoms with van der Waals surface area (Å²) in [4.78, 5) is 18.3. The maximum absolute atomic E-state index is 11.6. The number of aromatic amines is 1. The van der Waals surface area contributed by atoms with Crippen molar-refractivity contribution in [3.63, 3.8) is 0 Å². The lowest BCUT2D eigenvalue weighted by atomic mass is 10.3. The van der Waals surface area contributed by atoms with Gasteiger partial charge in [-0.15, -0.1) is 0 Å². The number of carbonyl (C=O) groups excluding carboxylic acids is 1. The molecule has 0 unspecified atom stereocenters. The average Bonchev–Trinajstić information content (AvgIpc) is 2.86. The summed E-state index contributed by atoms with van der Waals surface area (Å²) in [6.07, 6.45) is 3.63. The molecule has 6 nitrogen and oxygen atoms in total. The van der Waals surface area contributed by atoms with Crippen LogP contribution < -0.4 is 5.32 Å². The SMILES string of the molecule is Cc1cc(C)n(CCC(=O)Nc2ncc[nH]2)n1. The maximum atomic E-state index is 11.6. The summed E-state index contributed by atoms with van der Waals surface area (Å²) in [5, 5.41) is 6.96. The molecule has 0 saturated heterocycles. The van der Waals surface area contributed by atoms with E-state index < -0.39 is 0 Å². The third-order valence-electron chi connectivity index (χ3n) is 2.41. The highest BCUT2D eigenvalue weighted by atomic mass is 16.1. The first kappa shape index (κ1) is 11.4. The van der Waals surface area contributed by atoms with E-state index in [0.717, 1.165) is 11.4 Å². The van der Waals surface area contributed by atoms with E-state index in [1.54, 1.807) is 12.4 Å². The van der Waals surface area contributed by atoms with Gasteiger partial charge in [0.25, 0.3) is 0 Å². The molecule has 2 N–H and O–H groups in total. The number of imidazole rings is 1. The van der Waals surface area contributed by atoms with Crippen molar-refractivity contribution in [2.75, 3.05) is 5.32 Å². The Bertz CT molecular complexity index is 500. The highest BCUT2D eigenvalue weighted by Gasteiger charge is 2.06. The highest BCUT2D eigenvalue weighted by Crippen LogP contribution is 2.03. The molecule has 2 aromatic heterocycles. The zero-order valence-corrected chi connectivity index (χ0v) is 9.90. The fourth-order valence-electron chi connectivity index (χ4n) is 1.64. The third-order valence-corrected chi connectivity index (χ3v) is 2.41. The van der Waals surface area contributed by atoms with Crippen molar-refractivity contribution in [3.8, 4) is 0 Å².